The van der Waals surface area contributed by atoms with Crippen LogP contribution in [0.2, 0.25) is 5.02 Å². The topological polar surface area (TPSA) is 152 Å². The molecule has 3 aromatic carbocycles. The van der Waals surface area contributed by atoms with Gasteiger partial charge in [-0.3, -0.25) is 23.7 Å². The Morgan fingerprint density at radius 2 is 1.57 bits per heavy atom. The quantitative estimate of drug-likeness (QED) is 0.241. The van der Waals surface area contributed by atoms with E-state index in [4.69, 9.17) is 16.7 Å². The third-order valence-electron chi connectivity index (χ3n) is 8.28. The van der Waals surface area contributed by atoms with Crippen LogP contribution in [-0.4, -0.2) is 49.0 Å². The number of carbonyl (C=O) groups is 3. The molecule has 1 aromatic heterocycles. The number of imide groups is 1. The SMILES string of the molecule is CCN(CC)c1ccc([C@@H]2c3sc(=O)n(CC(=O)Nc4ccc(S(N)(=O)=O)cc4)c3S[C@H]3C(=O)N(c4ccc(Cl)cc4)C(=O)[C@@H]23)cc1. The summed E-state index contributed by atoms with van der Waals surface area (Å²) in [4.78, 5) is 58.2. The monoisotopic (exact) mass is 711 g/mol. The van der Waals surface area contributed by atoms with Gasteiger partial charge in [0, 0.05) is 40.3 Å². The van der Waals surface area contributed by atoms with E-state index in [1.165, 1.54) is 33.7 Å². The number of thiazole rings is 1. The second-order valence-electron chi connectivity index (χ2n) is 11.0. The zero-order chi connectivity index (χ0) is 33.6. The van der Waals surface area contributed by atoms with E-state index in [2.05, 4.69) is 24.1 Å². The maximum Gasteiger partial charge on any atom is 0.308 e. The smallest absolute Gasteiger partial charge is 0.308 e. The summed E-state index contributed by atoms with van der Waals surface area (Å²) in [5.74, 6) is -2.70. The molecule has 6 rings (SSSR count). The van der Waals surface area contributed by atoms with Gasteiger partial charge < -0.3 is 10.2 Å². The molecule has 47 heavy (non-hydrogen) atoms. The molecule has 244 valence electrons. The number of fused-ring (bicyclic) bond motifs is 2. The molecule has 0 bridgehead atoms. The molecule has 0 aliphatic carbocycles. The van der Waals surface area contributed by atoms with Crippen molar-refractivity contribution in [2.45, 2.75) is 41.5 Å². The van der Waals surface area contributed by atoms with Gasteiger partial charge in [-0.2, -0.15) is 0 Å². The highest BCUT2D eigenvalue weighted by Gasteiger charge is 2.56. The van der Waals surface area contributed by atoms with Crippen LogP contribution in [0.1, 0.15) is 30.2 Å². The van der Waals surface area contributed by atoms with Gasteiger partial charge in [-0.15, -0.1) is 0 Å². The van der Waals surface area contributed by atoms with Gasteiger partial charge in [0.15, 0.2) is 0 Å². The Morgan fingerprint density at radius 1 is 0.936 bits per heavy atom. The summed E-state index contributed by atoms with van der Waals surface area (Å²) < 4.78 is 24.5. The van der Waals surface area contributed by atoms with E-state index < -0.39 is 43.8 Å². The molecule has 3 N–H and O–H groups in total. The molecule has 15 heteroatoms. The number of primary sulfonamides is 1. The Hall–Kier alpha value is -3.95. The minimum absolute atomic E-state index is 0.107. The van der Waals surface area contributed by atoms with Crippen LogP contribution in [0.3, 0.4) is 0 Å². The van der Waals surface area contributed by atoms with Crippen LogP contribution in [0, 0.1) is 5.92 Å². The number of benzene rings is 3. The lowest BCUT2D eigenvalue weighted by atomic mass is 9.83. The number of halogens is 1. The summed E-state index contributed by atoms with van der Waals surface area (Å²) in [5, 5.41) is 7.92. The van der Waals surface area contributed by atoms with E-state index in [9.17, 15) is 27.6 Å². The van der Waals surface area contributed by atoms with Crippen LogP contribution in [-0.2, 0) is 31.0 Å². The van der Waals surface area contributed by atoms with E-state index in [-0.39, 0.29) is 17.3 Å². The van der Waals surface area contributed by atoms with E-state index in [1.54, 1.807) is 24.3 Å². The lowest BCUT2D eigenvalue weighted by Gasteiger charge is -2.31. The van der Waals surface area contributed by atoms with Crippen LogP contribution in [0.4, 0.5) is 17.1 Å². The normalized spacial score (nSPS) is 19.0. The Balaban J connectivity index is 1.38. The molecule has 0 unspecified atom stereocenters. The lowest BCUT2D eigenvalue weighted by molar-refractivity contribution is -0.122. The van der Waals surface area contributed by atoms with E-state index in [1.807, 2.05) is 24.3 Å². The number of anilines is 3. The maximum atomic E-state index is 14.1. The van der Waals surface area contributed by atoms with Crippen molar-refractivity contribution < 1.29 is 22.8 Å². The van der Waals surface area contributed by atoms with Crippen molar-refractivity contribution in [2.75, 3.05) is 28.2 Å². The van der Waals surface area contributed by atoms with Gasteiger partial charge in [0.1, 0.15) is 11.8 Å². The minimum Gasteiger partial charge on any atom is -0.372 e. The van der Waals surface area contributed by atoms with Crippen molar-refractivity contribution in [1.29, 1.82) is 0 Å². The third kappa shape index (κ3) is 6.23. The zero-order valence-electron chi connectivity index (χ0n) is 25.3. The maximum absolute atomic E-state index is 14.1. The molecule has 1 fully saturated rings. The van der Waals surface area contributed by atoms with Crippen LogP contribution < -0.4 is 25.1 Å². The van der Waals surface area contributed by atoms with Crippen LogP contribution in [0.15, 0.2) is 87.5 Å². The molecule has 0 saturated carbocycles. The molecule has 2 aliphatic heterocycles. The number of nitrogens with zero attached hydrogens (tertiary/aromatic N) is 3. The molecule has 3 atom stereocenters. The zero-order valence-corrected chi connectivity index (χ0v) is 28.5. The number of aromatic nitrogens is 1. The largest absolute Gasteiger partial charge is 0.372 e. The summed E-state index contributed by atoms with van der Waals surface area (Å²) >= 11 is 8.16. The first kappa shape index (κ1) is 33.0. The van der Waals surface area contributed by atoms with Gasteiger partial charge in [-0.25, -0.2) is 18.5 Å². The highest BCUT2D eigenvalue weighted by molar-refractivity contribution is 8.00. The number of rotatable bonds is 9. The van der Waals surface area contributed by atoms with Gasteiger partial charge >= 0.3 is 4.87 Å². The third-order valence-corrected chi connectivity index (χ3v) is 12.1. The molecule has 3 heterocycles. The predicted molar refractivity (Wildman–Crippen MR) is 184 cm³/mol. The molecular formula is C32H30ClN5O6S3. The number of carbonyl (C=O) groups excluding carboxylic acids is 3. The number of hydrogen-bond acceptors (Lipinski definition) is 9. The van der Waals surface area contributed by atoms with Crippen molar-refractivity contribution in [3.63, 3.8) is 0 Å². The van der Waals surface area contributed by atoms with E-state index in [0.29, 0.717) is 26.3 Å². The van der Waals surface area contributed by atoms with Crippen molar-refractivity contribution in [1.82, 2.24) is 4.57 Å². The fourth-order valence-electron chi connectivity index (χ4n) is 6.01. The summed E-state index contributed by atoms with van der Waals surface area (Å²) in [5.41, 5.74) is 2.51. The van der Waals surface area contributed by atoms with Crippen molar-refractivity contribution in [3.05, 3.63) is 97.9 Å². The van der Waals surface area contributed by atoms with E-state index in [0.717, 1.165) is 47.4 Å². The van der Waals surface area contributed by atoms with Crippen molar-refractivity contribution in [3.8, 4) is 0 Å². The fourth-order valence-corrected chi connectivity index (χ4v) is 9.43. The number of nitrogens with one attached hydrogen (secondary N) is 1. The summed E-state index contributed by atoms with van der Waals surface area (Å²) in [6.45, 7) is 5.41. The standard InChI is InChI=1S/C32H30ClN5O6S3/c1-3-36(4-2)21-11-5-18(6-12-21)25-26-27(30(41)38(29(26)40)22-13-7-19(33)8-14-22)45-31-28(25)46-32(42)37(31)17-24(39)35-20-9-15-23(16-10-20)47(34,43)44/h5-16,25-27H,3-4,17H2,1-2H3,(H,35,39)(H2,34,43,44)/t25-,26-,27+/m0/s1. The first-order chi connectivity index (χ1) is 22.4. The molecule has 2 aliphatic rings. The summed E-state index contributed by atoms with van der Waals surface area (Å²) in [6.07, 6.45) is 0. The second kappa shape index (κ2) is 12.9. The summed E-state index contributed by atoms with van der Waals surface area (Å²) in [7, 11) is -3.90. The molecule has 1 saturated heterocycles. The number of amides is 3. The van der Waals surface area contributed by atoms with E-state index >= 15 is 0 Å². The number of thioether (sulfide) groups is 1. The van der Waals surface area contributed by atoms with Gasteiger partial charge in [0.05, 0.1) is 21.5 Å². The average molecular weight is 712 g/mol. The number of sulfonamides is 1. The Bertz CT molecular complexity index is 2020. The molecule has 4 aromatic rings. The van der Waals surface area contributed by atoms with Gasteiger partial charge in [-0.1, -0.05) is 46.8 Å². The van der Waals surface area contributed by atoms with Crippen molar-refractivity contribution >= 4 is 79.5 Å². The van der Waals surface area contributed by atoms with Gasteiger partial charge in [-0.05, 0) is 80.1 Å². The summed E-state index contributed by atoms with van der Waals surface area (Å²) in [6, 6.07) is 19.6. The molecule has 11 nitrogen and oxygen atoms in total. The van der Waals surface area contributed by atoms with Crippen LogP contribution in [0.5, 0.6) is 0 Å². The Labute approximate surface area is 284 Å². The molecular weight excluding hydrogens is 682 g/mol. The average Bonchev–Trinajstić information content (AvgIpc) is 3.48. The highest BCUT2D eigenvalue weighted by atomic mass is 35.5. The van der Waals surface area contributed by atoms with Crippen molar-refractivity contribution in [2.24, 2.45) is 11.1 Å². The van der Waals surface area contributed by atoms with Gasteiger partial charge in [0.25, 0.3) is 0 Å². The minimum atomic E-state index is -3.90. The molecule has 0 radical (unpaired) electrons. The second-order valence-corrected chi connectivity index (χ2v) is 15.2. The molecule has 0 spiro atoms. The molecule has 3 amide bonds. The predicted octanol–water partition coefficient (Wildman–Crippen LogP) is 4.49. The first-order valence-electron chi connectivity index (χ1n) is 14.7. The fraction of sp³-hybridized carbons (Fsp3) is 0.250. The number of nitrogens with two attached hydrogens (primary N) is 1. The lowest BCUT2D eigenvalue weighted by Crippen LogP contribution is -2.33. The van der Waals surface area contributed by atoms with Crippen LogP contribution in [0.25, 0.3) is 0 Å². The highest BCUT2D eigenvalue weighted by Crippen LogP contribution is 2.54. The Morgan fingerprint density at radius 3 is 2.17 bits per heavy atom. The van der Waals surface area contributed by atoms with Crippen LogP contribution >= 0.6 is 34.7 Å². The number of hydrogen-bond donors (Lipinski definition) is 2. The Kier molecular flexibility index (Phi) is 9.06. The van der Waals surface area contributed by atoms with Gasteiger partial charge in [0.2, 0.25) is 27.7 Å². The first-order valence-corrected chi connectivity index (χ1v) is 18.3.